The van der Waals surface area contributed by atoms with Gasteiger partial charge in [0, 0.05) is 23.4 Å². The summed E-state index contributed by atoms with van der Waals surface area (Å²) >= 11 is 1.99. The van der Waals surface area contributed by atoms with Crippen LogP contribution in [-0.4, -0.2) is 28.3 Å². The van der Waals surface area contributed by atoms with Crippen LogP contribution in [0.5, 0.6) is 0 Å². The Morgan fingerprint density at radius 2 is 2.12 bits per heavy atom. The van der Waals surface area contributed by atoms with Crippen molar-refractivity contribution in [1.29, 1.82) is 5.41 Å². The summed E-state index contributed by atoms with van der Waals surface area (Å²) in [4.78, 5) is 2.25. The molecule has 1 aliphatic carbocycles. The van der Waals surface area contributed by atoms with Crippen LogP contribution in [0.1, 0.15) is 30.4 Å². The summed E-state index contributed by atoms with van der Waals surface area (Å²) in [7, 11) is 0. The van der Waals surface area contributed by atoms with Gasteiger partial charge in [0.05, 0.1) is 0 Å². The largest absolute Gasteiger partial charge is 0.351 e. The molecule has 3 heteroatoms. The zero-order chi connectivity index (χ0) is 11.9. The Balaban J connectivity index is 1.78. The number of nitrogens with one attached hydrogen (secondary N) is 1. The second-order valence-electron chi connectivity index (χ2n) is 5.10. The molecular weight excluding hydrogens is 228 g/mol. The van der Waals surface area contributed by atoms with E-state index in [2.05, 4.69) is 29.4 Å². The van der Waals surface area contributed by atoms with Crippen molar-refractivity contribution in [3.8, 4) is 0 Å². The Kier molecular flexibility index (Phi) is 2.66. The number of nitrogens with zero attached hydrogens (tertiary/aromatic N) is 1. The van der Waals surface area contributed by atoms with Gasteiger partial charge < -0.3 is 4.90 Å². The molecule has 2 aliphatic rings. The lowest BCUT2D eigenvalue weighted by molar-refractivity contribution is 0.275. The van der Waals surface area contributed by atoms with Crippen molar-refractivity contribution in [3.05, 3.63) is 35.4 Å². The van der Waals surface area contributed by atoms with Crippen LogP contribution < -0.4 is 0 Å². The van der Waals surface area contributed by atoms with Crippen LogP contribution in [0, 0.1) is 5.41 Å². The van der Waals surface area contributed by atoms with Gasteiger partial charge in [-0.15, -0.1) is 0 Å². The van der Waals surface area contributed by atoms with Crippen LogP contribution in [0.25, 0.3) is 0 Å². The molecule has 0 atom stereocenters. The quantitative estimate of drug-likeness (QED) is 0.887. The number of hydrogen-bond donors (Lipinski definition) is 1. The summed E-state index contributed by atoms with van der Waals surface area (Å²) in [6.45, 7) is 1.97. The fraction of sp³-hybridized carbons (Fsp3) is 0.500. The van der Waals surface area contributed by atoms with Crippen LogP contribution >= 0.6 is 11.8 Å². The highest BCUT2D eigenvalue weighted by Gasteiger charge is 2.39. The van der Waals surface area contributed by atoms with Crippen molar-refractivity contribution in [1.82, 2.24) is 4.90 Å². The van der Waals surface area contributed by atoms with Gasteiger partial charge in [-0.2, -0.15) is 11.8 Å². The van der Waals surface area contributed by atoms with Gasteiger partial charge in [0.15, 0.2) is 0 Å². The summed E-state index contributed by atoms with van der Waals surface area (Å²) in [6, 6.07) is 8.33. The van der Waals surface area contributed by atoms with Crippen LogP contribution in [0.15, 0.2) is 24.3 Å². The van der Waals surface area contributed by atoms with Crippen molar-refractivity contribution < 1.29 is 0 Å². The normalized spacial score (nSPS) is 21.2. The van der Waals surface area contributed by atoms with E-state index >= 15 is 0 Å². The molecular formula is C14H18N2S. The van der Waals surface area contributed by atoms with Gasteiger partial charge in [0.1, 0.15) is 5.84 Å². The smallest absolute Gasteiger partial charge is 0.128 e. The number of amidine groups is 1. The summed E-state index contributed by atoms with van der Waals surface area (Å²) in [5.41, 5.74) is 2.44. The molecule has 1 aliphatic heterocycles. The summed E-state index contributed by atoms with van der Waals surface area (Å²) in [5.74, 6) is 0.723. The lowest BCUT2D eigenvalue weighted by Crippen LogP contribution is -2.45. The van der Waals surface area contributed by atoms with Crippen LogP contribution in [0.3, 0.4) is 0 Å². The summed E-state index contributed by atoms with van der Waals surface area (Å²) < 4.78 is 0.425. The number of hydrogen-bond acceptors (Lipinski definition) is 2. The number of benzene rings is 1. The van der Waals surface area contributed by atoms with Crippen molar-refractivity contribution in [2.45, 2.75) is 30.6 Å². The molecule has 1 aromatic rings. The Labute approximate surface area is 107 Å². The third-order valence-corrected chi connectivity index (χ3v) is 5.53. The van der Waals surface area contributed by atoms with E-state index < -0.39 is 0 Å². The topological polar surface area (TPSA) is 27.1 Å². The maximum Gasteiger partial charge on any atom is 0.128 e. The molecule has 17 heavy (non-hydrogen) atoms. The van der Waals surface area contributed by atoms with Gasteiger partial charge in [-0.1, -0.05) is 30.7 Å². The third kappa shape index (κ3) is 1.77. The van der Waals surface area contributed by atoms with E-state index in [0.717, 1.165) is 24.5 Å². The van der Waals surface area contributed by atoms with Crippen molar-refractivity contribution in [2.75, 3.05) is 12.8 Å². The lowest BCUT2D eigenvalue weighted by atomic mass is 9.84. The van der Waals surface area contributed by atoms with E-state index in [0.29, 0.717) is 4.75 Å². The minimum Gasteiger partial charge on any atom is -0.351 e. The molecule has 1 fully saturated rings. The molecule has 1 N–H and O–H groups in total. The number of rotatable bonds is 3. The number of thioether (sulfide) groups is 1. The second-order valence-corrected chi connectivity index (χ2v) is 6.38. The molecule has 0 spiro atoms. The van der Waals surface area contributed by atoms with Gasteiger partial charge in [-0.25, -0.2) is 0 Å². The first-order chi connectivity index (χ1) is 8.24. The maximum atomic E-state index is 8.26. The van der Waals surface area contributed by atoms with Gasteiger partial charge in [-0.3, -0.25) is 5.41 Å². The molecule has 3 rings (SSSR count). The Bertz CT molecular complexity index is 446. The maximum absolute atomic E-state index is 8.26. The van der Waals surface area contributed by atoms with Gasteiger partial charge in [0.2, 0.25) is 0 Å². The first kappa shape index (κ1) is 11.1. The first-order valence-electron chi connectivity index (χ1n) is 6.21. The average Bonchev–Trinajstić information content (AvgIpc) is 2.62. The molecule has 1 aromatic carbocycles. The first-order valence-corrected chi connectivity index (χ1v) is 7.43. The molecule has 0 amide bonds. The van der Waals surface area contributed by atoms with Crippen molar-refractivity contribution in [3.63, 3.8) is 0 Å². The highest BCUT2D eigenvalue weighted by molar-refractivity contribution is 8.00. The van der Waals surface area contributed by atoms with E-state index in [1.54, 1.807) is 0 Å². The van der Waals surface area contributed by atoms with Crippen LogP contribution in [-0.2, 0) is 6.54 Å². The Morgan fingerprint density at radius 3 is 2.71 bits per heavy atom. The average molecular weight is 246 g/mol. The fourth-order valence-electron chi connectivity index (χ4n) is 2.82. The zero-order valence-electron chi connectivity index (χ0n) is 10.2. The van der Waals surface area contributed by atoms with E-state index in [9.17, 15) is 0 Å². The third-order valence-electron chi connectivity index (χ3n) is 4.13. The summed E-state index contributed by atoms with van der Waals surface area (Å²) in [5, 5.41) is 8.26. The van der Waals surface area contributed by atoms with Crippen molar-refractivity contribution >= 4 is 17.6 Å². The minimum atomic E-state index is 0.425. The van der Waals surface area contributed by atoms with Crippen LogP contribution in [0.2, 0.25) is 0 Å². The second kappa shape index (κ2) is 4.05. The molecule has 1 heterocycles. The predicted molar refractivity (Wildman–Crippen MR) is 73.8 cm³/mol. The molecule has 2 nitrogen and oxygen atoms in total. The molecule has 0 unspecified atom stereocenters. The van der Waals surface area contributed by atoms with E-state index in [-0.39, 0.29) is 0 Å². The Hall–Kier alpha value is -0.960. The monoisotopic (exact) mass is 246 g/mol. The van der Waals surface area contributed by atoms with E-state index in [1.165, 1.54) is 24.8 Å². The minimum absolute atomic E-state index is 0.425. The molecule has 0 radical (unpaired) electrons. The standard InChI is InChI=1S/C14H18N2S/c1-17-14(7-4-8-14)10-16-9-11-5-2-3-6-12(11)13(16)15/h2-3,5-6,15H,4,7-10H2,1H3. The highest BCUT2D eigenvalue weighted by atomic mass is 32.2. The number of fused-ring (bicyclic) bond motifs is 1. The van der Waals surface area contributed by atoms with Gasteiger partial charge >= 0.3 is 0 Å². The highest BCUT2D eigenvalue weighted by Crippen LogP contribution is 2.44. The van der Waals surface area contributed by atoms with Crippen LogP contribution in [0.4, 0.5) is 0 Å². The van der Waals surface area contributed by atoms with Gasteiger partial charge in [0.25, 0.3) is 0 Å². The molecule has 0 bridgehead atoms. The predicted octanol–water partition coefficient (Wildman–Crippen LogP) is 3.11. The van der Waals surface area contributed by atoms with E-state index in [4.69, 9.17) is 5.41 Å². The van der Waals surface area contributed by atoms with E-state index in [1.807, 2.05) is 17.8 Å². The van der Waals surface area contributed by atoms with Crippen molar-refractivity contribution in [2.24, 2.45) is 0 Å². The lowest BCUT2D eigenvalue weighted by Gasteiger charge is -2.43. The molecule has 0 aromatic heterocycles. The Morgan fingerprint density at radius 1 is 1.35 bits per heavy atom. The van der Waals surface area contributed by atoms with Gasteiger partial charge in [-0.05, 0) is 24.7 Å². The SMILES string of the molecule is CSC1(CN2Cc3ccccc3C2=N)CCC1. The molecule has 1 saturated carbocycles. The zero-order valence-corrected chi connectivity index (χ0v) is 11.0. The molecule has 90 valence electrons. The fourth-order valence-corrected chi connectivity index (χ4v) is 3.81. The molecule has 0 saturated heterocycles. The summed E-state index contributed by atoms with van der Waals surface area (Å²) in [6.07, 6.45) is 6.20.